The van der Waals surface area contributed by atoms with Gasteiger partial charge in [-0.15, -0.1) is 0 Å². The molecule has 0 aromatic heterocycles. The van der Waals surface area contributed by atoms with Crippen molar-refractivity contribution in [1.29, 1.82) is 0 Å². The number of amides is 2. The van der Waals surface area contributed by atoms with E-state index in [0.29, 0.717) is 6.54 Å². The van der Waals surface area contributed by atoms with Gasteiger partial charge in [0.2, 0.25) is 0 Å². The smallest absolute Gasteiger partial charge is 0.388 e. The zero-order valence-electron chi connectivity index (χ0n) is 15.6. The van der Waals surface area contributed by atoms with Crippen LogP contribution in [0.5, 0.6) is 0 Å². The zero-order valence-corrected chi connectivity index (χ0v) is 15.6. The van der Waals surface area contributed by atoms with Crippen molar-refractivity contribution in [2.75, 3.05) is 51.7 Å². The van der Waals surface area contributed by atoms with Crippen LogP contribution in [0.15, 0.2) is 24.3 Å². The van der Waals surface area contributed by atoms with Crippen molar-refractivity contribution in [1.82, 2.24) is 15.1 Å². The Kier molecular flexibility index (Phi) is 6.43. The maximum absolute atomic E-state index is 12.8. The number of alkyl halides is 3. The first-order valence-electron chi connectivity index (χ1n) is 9.18. The summed E-state index contributed by atoms with van der Waals surface area (Å²) in [5.74, 6) is 0. The summed E-state index contributed by atoms with van der Waals surface area (Å²) in [5, 5.41) is 15.4. The lowest BCUT2D eigenvalue weighted by Crippen LogP contribution is -2.51. The first-order chi connectivity index (χ1) is 13.2. The molecule has 2 aliphatic heterocycles. The molecule has 2 amide bonds. The highest BCUT2D eigenvalue weighted by Gasteiger charge is 2.38. The molecule has 2 fully saturated rings. The minimum Gasteiger partial charge on any atom is -0.388 e. The Morgan fingerprint density at radius 1 is 1.29 bits per heavy atom. The molecule has 1 aromatic carbocycles. The van der Waals surface area contributed by atoms with Crippen LogP contribution in [0, 0.1) is 0 Å². The molecule has 3 rings (SSSR count). The molecular formula is C18H25F3N4O3. The Balaban J connectivity index is 1.49. The van der Waals surface area contributed by atoms with E-state index in [0.717, 1.165) is 38.3 Å². The number of nitrogens with zero attached hydrogens (tertiary/aromatic N) is 2. The van der Waals surface area contributed by atoms with E-state index in [2.05, 4.69) is 27.5 Å². The number of carbonyl (C=O) groups is 1. The summed E-state index contributed by atoms with van der Waals surface area (Å²) in [5.41, 5.74) is -0.823. The minimum absolute atomic E-state index is 0.0229. The van der Waals surface area contributed by atoms with Crippen LogP contribution in [-0.4, -0.2) is 85.6 Å². The molecule has 28 heavy (non-hydrogen) atoms. The molecule has 0 radical (unpaired) electrons. The van der Waals surface area contributed by atoms with E-state index in [1.165, 1.54) is 12.1 Å². The van der Waals surface area contributed by atoms with Gasteiger partial charge in [-0.25, -0.2) is 4.79 Å². The number of carbonyl (C=O) groups excluding carboxylic acids is 1. The van der Waals surface area contributed by atoms with Crippen molar-refractivity contribution in [3.63, 3.8) is 0 Å². The van der Waals surface area contributed by atoms with Gasteiger partial charge in [0.25, 0.3) is 0 Å². The highest BCUT2D eigenvalue weighted by Crippen LogP contribution is 2.30. The summed E-state index contributed by atoms with van der Waals surface area (Å²) in [6.07, 6.45) is -5.78. The van der Waals surface area contributed by atoms with Gasteiger partial charge in [0.05, 0.1) is 24.3 Å². The van der Waals surface area contributed by atoms with E-state index in [1.54, 1.807) is 0 Å². The Labute approximate surface area is 161 Å². The molecule has 3 atom stereocenters. The summed E-state index contributed by atoms with van der Waals surface area (Å²) < 4.78 is 43.9. The van der Waals surface area contributed by atoms with E-state index in [-0.39, 0.29) is 12.3 Å². The number of aliphatic hydroxyl groups is 1. The average Bonchev–Trinajstić information content (AvgIpc) is 2.96. The van der Waals surface area contributed by atoms with Crippen LogP contribution in [0.3, 0.4) is 0 Å². The van der Waals surface area contributed by atoms with E-state index >= 15 is 0 Å². The van der Waals surface area contributed by atoms with Crippen LogP contribution in [0.2, 0.25) is 0 Å². The van der Waals surface area contributed by atoms with Crippen LogP contribution in [-0.2, 0) is 10.9 Å². The Hall–Kier alpha value is -1.88. The number of anilines is 1. The molecule has 2 saturated heterocycles. The van der Waals surface area contributed by atoms with Crippen molar-refractivity contribution < 1.29 is 27.8 Å². The van der Waals surface area contributed by atoms with Crippen molar-refractivity contribution >= 4 is 11.7 Å². The number of aliphatic hydroxyl groups excluding tert-OH is 1. The van der Waals surface area contributed by atoms with Gasteiger partial charge < -0.3 is 25.4 Å². The molecule has 156 valence electrons. The molecule has 0 saturated carbocycles. The summed E-state index contributed by atoms with van der Waals surface area (Å²) in [6.45, 7) is 4.39. The summed E-state index contributed by atoms with van der Waals surface area (Å²) in [7, 11) is 2.06. The molecule has 3 unspecified atom stereocenters. The molecular weight excluding hydrogens is 377 g/mol. The molecule has 1 aromatic rings. The number of rotatable bonds is 4. The van der Waals surface area contributed by atoms with Crippen LogP contribution in [0.4, 0.5) is 23.7 Å². The van der Waals surface area contributed by atoms with Gasteiger partial charge in [0.15, 0.2) is 0 Å². The summed E-state index contributed by atoms with van der Waals surface area (Å²) >= 11 is 0. The molecule has 0 spiro atoms. The second kappa shape index (κ2) is 8.64. The monoisotopic (exact) mass is 402 g/mol. The predicted molar refractivity (Wildman–Crippen MR) is 97.1 cm³/mol. The SMILES string of the molecule is CN1CCN(CC2OCC(NC(=O)Nc3cccc(C(F)(F)F)c3)C2O)CC1. The number of likely N-dealkylation sites (N-methyl/N-ethyl adjacent to an activating group) is 1. The van der Waals surface area contributed by atoms with Crippen LogP contribution >= 0.6 is 0 Å². The van der Waals surface area contributed by atoms with Gasteiger partial charge in [-0.3, -0.25) is 4.90 Å². The third-order valence-corrected chi connectivity index (χ3v) is 5.08. The third-order valence-electron chi connectivity index (χ3n) is 5.08. The summed E-state index contributed by atoms with van der Waals surface area (Å²) in [4.78, 5) is 16.6. The number of nitrogens with one attached hydrogen (secondary N) is 2. The average molecular weight is 402 g/mol. The lowest BCUT2D eigenvalue weighted by atomic mass is 10.1. The Morgan fingerprint density at radius 2 is 2.00 bits per heavy atom. The maximum Gasteiger partial charge on any atom is 0.416 e. The fourth-order valence-corrected chi connectivity index (χ4v) is 3.37. The van der Waals surface area contributed by atoms with Crippen molar-refractivity contribution in [3.8, 4) is 0 Å². The van der Waals surface area contributed by atoms with Gasteiger partial charge in [-0.05, 0) is 25.2 Å². The molecule has 2 heterocycles. The topological polar surface area (TPSA) is 77.1 Å². The lowest BCUT2D eigenvalue weighted by molar-refractivity contribution is -0.137. The molecule has 7 nitrogen and oxygen atoms in total. The van der Waals surface area contributed by atoms with Crippen LogP contribution in [0.25, 0.3) is 0 Å². The van der Waals surface area contributed by atoms with E-state index in [9.17, 15) is 23.1 Å². The highest BCUT2D eigenvalue weighted by molar-refractivity contribution is 5.89. The number of hydrogen-bond acceptors (Lipinski definition) is 5. The van der Waals surface area contributed by atoms with Gasteiger partial charge >= 0.3 is 12.2 Å². The first-order valence-corrected chi connectivity index (χ1v) is 9.18. The highest BCUT2D eigenvalue weighted by atomic mass is 19.4. The van der Waals surface area contributed by atoms with E-state index in [4.69, 9.17) is 4.74 Å². The normalized spacial score (nSPS) is 27.0. The third kappa shape index (κ3) is 5.34. The number of ether oxygens (including phenoxy) is 1. The second-order valence-corrected chi connectivity index (χ2v) is 7.25. The molecule has 2 aliphatic rings. The predicted octanol–water partition coefficient (Wildman–Crippen LogP) is 1.20. The number of urea groups is 1. The summed E-state index contributed by atoms with van der Waals surface area (Å²) in [6, 6.07) is 3.07. The number of hydrogen-bond donors (Lipinski definition) is 3. The standard InChI is InChI=1S/C18H25F3N4O3/c1-24-5-7-25(8-6-24)10-15-16(26)14(11-28-15)23-17(27)22-13-4-2-3-12(9-13)18(19,20)21/h2-4,9,14-16,26H,5-8,10-11H2,1H3,(H2,22,23,27). The first kappa shape index (κ1) is 20.8. The van der Waals surface area contributed by atoms with Crippen LogP contribution < -0.4 is 10.6 Å². The van der Waals surface area contributed by atoms with Crippen molar-refractivity contribution in [2.45, 2.75) is 24.4 Å². The largest absolute Gasteiger partial charge is 0.416 e. The molecule has 0 aliphatic carbocycles. The molecule has 3 N–H and O–H groups in total. The van der Waals surface area contributed by atoms with Gasteiger partial charge in [-0.1, -0.05) is 6.07 Å². The Bertz CT molecular complexity index is 680. The van der Waals surface area contributed by atoms with E-state index in [1.807, 2.05) is 0 Å². The maximum atomic E-state index is 12.8. The number of benzene rings is 1. The van der Waals surface area contributed by atoms with Gasteiger partial charge in [0, 0.05) is 38.4 Å². The Morgan fingerprint density at radius 3 is 2.68 bits per heavy atom. The van der Waals surface area contributed by atoms with E-state index < -0.39 is 36.0 Å². The minimum atomic E-state index is -4.49. The van der Waals surface area contributed by atoms with Crippen molar-refractivity contribution in [2.24, 2.45) is 0 Å². The van der Waals surface area contributed by atoms with Crippen molar-refractivity contribution in [3.05, 3.63) is 29.8 Å². The fourth-order valence-electron chi connectivity index (χ4n) is 3.37. The number of halogens is 3. The zero-order chi connectivity index (χ0) is 20.3. The molecule has 0 bridgehead atoms. The number of piperazine rings is 1. The quantitative estimate of drug-likeness (QED) is 0.706. The van der Waals surface area contributed by atoms with Gasteiger partial charge in [-0.2, -0.15) is 13.2 Å². The molecule has 10 heteroatoms. The lowest BCUT2D eigenvalue weighted by Gasteiger charge is -2.34. The van der Waals surface area contributed by atoms with Gasteiger partial charge in [0.1, 0.15) is 6.10 Å². The second-order valence-electron chi connectivity index (χ2n) is 7.25. The van der Waals surface area contributed by atoms with Crippen LogP contribution in [0.1, 0.15) is 5.56 Å². The fraction of sp³-hybridized carbons (Fsp3) is 0.611.